The van der Waals surface area contributed by atoms with Crippen LogP contribution in [-0.2, 0) is 12.8 Å². The van der Waals surface area contributed by atoms with Crippen molar-refractivity contribution in [2.24, 2.45) is 4.99 Å². The number of amidine groups is 1. The monoisotopic (exact) mass is 404 g/mol. The number of nitrogens with zero attached hydrogens (tertiary/aromatic N) is 3. The molecule has 4 rings (SSSR count). The molecule has 1 aliphatic heterocycles. The van der Waals surface area contributed by atoms with Crippen LogP contribution in [0.1, 0.15) is 48.1 Å². The molecule has 1 aromatic heterocycles. The van der Waals surface area contributed by atoms with Gasteiger partial charge in [-0.3, -0.25) is 4.99 Å². The molecule has 5 heteroatoms. The summed E-state index contributed by atoms with van der Waals surface area (Å²) in [6, 6.07) is 18.1. The summed E-state index contributed by atoms with van der Waals surface area (Å²) in [7, 11) is 0. The smallest absolute Gasteiger partial charge is 0.153 e. The topological polar surface area (TPSA) is 50.2 Å². The first-order chi connectivity index (χ1) is 13.9. The van der Waals surface area contributed by atoms with Gasteiger partial charge < -0.3 is 5.32 Å². The van der Waals surface area contributed by atoms with Gasteiger partial charge in [0.15, 0.2) is 5.82 Å². The molecule has 0 saturated carbocycles. The molecule has 0 aliphatic carbocycles. The van der Waals surface area contributed by atoms with Gasteiger partial charge in [0.1, 0.15) is 11.9 Å². The van der Waals surface area contributed by atoms with E-state index in [1.807, 2.05) is 37.4 Å². The van der Waals surface area contributed by atoms with Crippen LogP contribution in [0.5, 0.6) is 0 Å². The average Bonchev–Trinajstić information content (AvgIpc) is 2.67. The Morgan fingerprint density at radius 3 is 2.69 bits per heavy atom. The molecule has 0 bridgehead atoms. The van der Waals surface area contributed by atoms with Crippen molar-refractivity contribution in [2.75, 3.05) is 0 Å². The molecule has 2 heterocycles. The maximum absolute atomic E-state index is 6.26. The molecular weight excluding hydrogens is 380 g/mol. The molecule has 0 fully saturated rings. The van der Waals surface area contributed by atoms with Crippen molar-refractivity contribution in [1.29, 1.82) is 0 Å². The highest BCUT2D eigenvalue weighted by Crippen LogP contribution is 2.28. The predicted octanol–water partition coefficient (Wildman–Crippen LogP) is 5.09. The van der Waals surface area contributed by atoms with Gasteiger partial charge in [-0.25, -0.2) is 9.97 Å². The summed E-state index contributed by atoms with van der Waals surface area (Å²) < 4.78 is 0. The zero-order valence-electron chi connectivity index (χ0n) is 17.0. The molecule has 148 valence electrons. The van der Waals surface area contributed by atoms with Gasteiger partial charge >= 0.3 is 0 Å². The largest absolute Gasteiger partial charge is 0.365 e. The van der Waals surface area contributed by atoms with Gasteiger partial charge in [-0.05, 0) is 62.6 Å². The van der Waals surface area contributed by atoms with E-state index in [2.05, 4.69) is 59.5 Å². The first kappa shape index (κ1) is 19.6. The zero-order chi connectivity index (χ0) is 20.4. The number of hydrogen-bond donors (Lipinski definition) is 1. The molecule has 1 N–H and O–H groups in total. The number of fused-ring (bicyclic) bond motifs is 1. The Morgan fingerprint density at radius 1 is 1.14 bits per heavy atom. The Hall–Kier alpha value is -2.72. The van der Waals surface area contributed by atoms with Crippen LogP contribution in [0.25, 0.3) is 0 Å². The lowest BCUT2D eigenvalue weighted by Crippen LogP contribution is -2.49. The highest BCUT2D eigenvalue weighted by atomic mass is 35.5. The second-order valence-corrected chi connectivity index (χ2v) is 8.66. The van der Waals surface area contributed by atoms with Gasteiger partial charge in [0, 0.05) is 34.4 Å². The molecule has 1 atom stereocenters. The van der Waals surface area contributed by atoms with Gasteiger partial charge in [0.2, 0.25) is 0 Å². The molecule has 1 aliphatic rings. The van der Waals surface area contributed by atoms with E-state index in [-0.39, 0.29) is 11.6 Å². The van der Waals surface area contributed by atoms with Gasteiger partial charge in [-0.2, -0.15) is 0 Å². The van der Waals surface area contributed by atoms with E-state index in [0.29, 0.717) is 0 Å². The summed E-state index contributed by atoms with van der Waals surface area (Å²) in [5.41, 5.74) is 4.35. The van der Waals surface area contributed by atoms with E-state index < -0.39 is 0 Å². The van der Waals surface area contributed by atoms with Crippen molar-refractivity contribution >= 4 is 17.4 Å². The molecule has 29 heavy (non-hydrogen) atoms. The lowest BCUT2D eigenvalue weighted by molar-refractivity contribution is 0.445. The molecule has 0 saturated heterocycles. The maximum Gasteiger partial charge on any atom is 0.153 e. The van der Waals surface area contributed by atoms with Crippen LogP contribution >= 0.6 is 11.6 Å². The van der Waals surface area contributed by atoms with E-state index in [1.54, 1.807) is 0 Å². The average molecular weight is 405 g/mol. The minimum Gasteiger partial charge on any atom is -0.365 e. The molecule has 3 aromatic rings. The van der Waals surface area contributed by atoms with E-state index in [1.165, 1.54) is 11.1 Å². The van der Waals surface area contributed by atoms with Crippen LogP contribution in [0.2, 0.25) is 5.02 Å². The van der Waals surface area contributed by atoms with Gasteiger partial charge in [-0.15, -0.1) is 0 Å². The van der Waals surface area contributed by atoms with Crippen molar-refractivity contribution in [3.8, 4) is 0 Å². The number of nitrogens with one attached hydrogen (secondary N) is 1. The first-order valence-corrected chi connectivity index (χ1v) is 10.3. The van der Waals surface area contributed by atoms with Crippen LogP contribution in [0.3, 0.4) is 0 Å². The van der Waals surface area contributed by atoms with Crippen LogP contribution in [0.4, 0.5) is 0 Å². The molecule has 1 unspecified atom stereocenters. The fourth-order valence-electron chi connectivity index (χ4n) is 3.77. The Bertz CT molecular complexity index is 1040. The summed E-state index contributed by atoms with van der Waals surface area (Å²) in [5.74, 6) is 1.61. The summed E-state index contributed by atoms with van der Waals surface area (Å²) >= 11 is 6.26. The Labute approximate surface area is 177 Å². The minimum absolute atomic E-state index is 0.110. The Morgan fingerprint density at radius 2 is 1.93 bits per heavy atom. The number of aryl methyl sites for hydroxylation is 1. The zero-order valence-corrected chi connectivity index (χ0v) is 17.7. The highest BCUT2D eigenvalue weighted by Gasteiger charge is 2.29. The fraction of sp³-hybridized carbons (Fsp3) is 0.292. The van der Waals surface area contributed by atoms with Crippen LogP contribution in [0.15, 0.2) is 65.8 Å². The lowest BCUT2D eigenvalue weighted by atomic mass is 9.87. The highest BCUT2D eigenvalue weighted by molar-refractivity contribution is 6.30. The van der Waals surface area contributed by atoms with Crippen molar-refractivity contribution in [3.05, 3.63) is 94.0 Å². The molecule has 4 nitrogen and oxygen atoms in total. The third-order valence-electron chi connectivity index (χ3n) is 5.08. The second-order valence-electron chi connectivity index (χ2n) is 8.23. The van der Waals surface area contributed by atoms with Crippen LogP contribution in [0, 0.1) is 6.92 Å². The van der Waals surface area contributed by atoms with Gasteiger partial charge in [-0.1, -0.05) is 41.9 Å². The summed E-state index contributed by atoms with van der Waals surface area (Å²) in [6.45, 7) is 6.35. The first-order valence-electron chi connectivity index (χ1n) is 9.88. The number of halogens is 1. The standard InChI is InChI=1S/C24H25ClN4/c1-16-11-12-26-23(27-16)21(13-17-7-5-4-6-8-17)28-22-20-10-9-19(25)14-18(20)15-24(2,3)29-22/h4-12,14,21H,13,15H2,1-3H3,(H,28,29). The van der Waals surface area contributed by atoms with Crippen LogP contribution in [-0.4, -0.2) is 21.3 Å². The second kappa shape index (κ2) is 7.96. The van der Waals surface area contributed by atoms with E-state index in [9.17, 15) is 0 Å². The normalized spacial score (nSPS) is 17.4. The maximum atomic E-state index is 6.26. The number of aromatic nitrogens is 2. The molecule has 0 spiro atoms. The Kier molecular flexibility index (Phi) is 5.37. The van der Waals surface area contributed by atoms with Crippen molar-refractivity contribution in [3.63, 3.8) is 0 Å². The van der Waals surface area contributed by atoms with Crippen molar-refractivity contribution in [2.45, 2.75) is 45.2 Å². The number of benzene rings is 2. The van der Waals surface area contributed by atoms with Crippen LogP contribution < -0.4 is 5.32 Å². The SMILES string of the molecule is Cc1ccnc(C(Cc2ccccc2)N=C2NC(C)(C)Cc3cc(Cl)ccc32)n1. The molecular formula is C24H25ClN4. The summed E-state index contributed by atoms with van der Waals surface area (Å²) in [5, 5.41) is 4.37. The van der Waals surface area contributed by atoms with Gasteiger partial charge in [0.05, 0.1) is 0 Å². The number of hydrogen-bond acceptors (Lipinski definition) is 3. The third-order valence-corrected chi connectivity index (χ3v) is 5.31. The molecule has 0 radical (unpaired) electrons. The minimum atomic E-state index is -0.183. The molecule has 0 amide bonds. The van der Waals surface area contributed by atoms with E-state index >= 15 is 0 Å². The lowest BCUT2D eigenvalue weighted by Gasteiger charge is -2.35. The number of rotatable bonds is 4. The van der Waals surface area contributed by atoms with Crippen molar-refractivity contribution in [1.82, 2.24) is 15.3 Å². The Balaban J connectivity index is 1.79. The summed E-state index contributed by atoms with van der Waals surface area (Å²) in [6.07, 6.45) is 3.44. The van der Waals surface area contributed by atoms with Crippen molar-refractivity contribution < 1.29 is 0 Å². The predicted molar refractivity (Wildman–Crippen MR) is 119 cm³/mol. The fourth-order valence-corrected chi connectivity index (χ4v) is 3.96. The quantitative estimate of drug-likeness (QED) is 0.658. The number of aliphatic imine (C=N–C) groups is 1. The third kappa shape index (κ3) is 4.65. The summed E-state index contributed by atoms with van der Waals surface area (Å²) in [4.78, 5) is 14.4. The van der Waals surface area contributed by atoms with Gasteiger partial charge in [0.25, 0.3) is 0 Å². The molecule has 2 aromatic carbocycles. The van der Waals surface area contributed by atoms with E-state index in [4.69, 9.17) is 16.6 Å². The van der Waals surface area contributed by atoms with E-state index in [0.717, 1.165) is 40.8 Å².